The molecule has 0 spiro atoms. The van der Waals surface area contributed by atoms with Gasteiger partial charge in [0.2, 0.25) is 0 Å². The second-order valence-electron chi connectivity index (χ2n) is 8.24. The van der Waals surface area contributed by atoms with Gasteiger partial charge in [0.1, 0.15) is 6.10 Å². The fourth-order valence-electron chi connectivity index (χ4n) is 3.35. The van der Waals surface area contributed by atoms with Crippen LogP contribution in [0.15, 0.2) is 53.6 Å². The van der Waals surface area contributed by atoms with Crippen molar-refractivity contribution in [2.75, 3.05) is 12.9 Å². The van der Waals surface area contributed by atoms with E-state index in [9.17, 15) is 23.1 Å². The molecule has 1 aromatic heterocycles. The Morgan fingerprint density at radius 3 is 2.40 bits per heavy atom. The molecule has 0 saturated heterocycles. The lowest BCUT2D eigenvalue weighted by molar-refractivity contribution is -0.131. The van der Waals surface area contributed by atoms with Crippen molar-refractivity contribution in [1.82, 2.24) is 15.0 Å². The maximum absolute atomic E-state index is 12.9. The first-order valence-electron chi connectivity index (χ1n) is 10.5. The van der Waals surface area contributed by atoms with E-state index in [0.29, 0.717) is 27.6 Å². The summed E-state index contributed by atoms with van der Waals surface area (Å²) < 4.78 is 23.5. The highest BCUT2D eigenvalue weighted by molar-refractivity contribution is 7.92. The number of benzene rings is 2. The summed E-state index contributed by atoms with van der Waals surface area (Å²) in [5, 5.41) is 27.9. The number of hydrogen-bond acceptors (Lipinski definition) is 8. The molecular weight excluding hydrogens is 474 g/mol. The second kappa shape index (κ2) is 10.4. The minimum atomic E-state index is -3.89. The molecular formula is C24H25N3O7S. The van der Waals surface area contributed by atoms with Gasteiger partial charge in [-0.3, -0.25) is 19.4 Å². The Hall–Kier alpha value is -3.56. The number of aliphatic hydroxyl groups is 2. The minimum absolute atomic E-state index is 0.110. The number of carbonyl (C=O) groups excluding carboxylic acids is 1. The summed E-state index contributed by atoms with van der Waals surface area (Å²) in [5.41, 5.74) is 3.27. The molecule has 10 nitrogen and oxygen atoms in total. The van der Waals surface area contributed by atoms with Gasteiger partial charge in [-0.15, -0.1) is 0 Å². The Kier molecular flexibility index (Phi) is 7.72. The van der Waals surface area contributed by atoms with Crippen LogP contribution in [0.2, 0.25) is 0 Å². The smallest absolute Gasteiger partial charge is 0.264 e. The fourth-order valence-corrected chi connectivity index (χ4v) is 4.20. The van der Waals surface area contributed by atoms with Crippen molar-refractivity contribution < 1.29 is 28.6 Å². The van der Waals surface area contributed by atoms with E-state index in [2.05, 4.69) is 16.8 Å². The van der Waals surface area contributed by atoms with Gasteiger partial charge in [-0.1, -0.05) is 24.0 Å². The van der Waals surface area contributed by atoms with E-state index >= 15 is 0 Å². The van der Waals surface area contributed by atoms with E-state index in [4.69, 9.17) is 10.3 Å². The first-order valence-corrected chi connectivity index (χ1v) is 12.4. The van der Waals surface area contributed by atoms with Crippen LogP contribution < -0.4 is 11.0 Å². The van der Waals surface area contributed by atoms with Crippen molar-refractivity contribution in [2.24, 2.45) is 0 Å². The summed E-state index contributed by atoms with van der Waals surface area (Å²) in [7, 11) is -3.89. The van der Waals surface area contributed by atoms with Crippen LogP contribution in [0.4, 0.5) is 0 Å². The van der Waals surface area contributed by atoms with Crippen molar-refractivity contribution in [2.45, 2.75) is 30.7 Å². The third-order valence-corrected chi connectivity index (χ3v) is 7.90. The van der Waals surface area contributed by atoms with Crippen LogP contribution in [-0.2, 0) is 21.2 Å². The average Bonchev–Trinajstić information content (AvgIpc) is 2.85. The van der Waals surface area contributed by atoms with Crippen LogP contribution in [0.25, 0.3) is 10.9 Å². The number of nitrogens with zero attached hydrogens (tertiary/aromatic N) is 2. The molecule has 0 radical (unpaired) electrons. The molecule has 35 heavy (non-hydrogen) atoms. The van der Waals surface area contributed by atoms with Gasteiger partial charge < -0.3 is 10.2 Å². The lowest BCUT2D eigenvalue weighted by atomic mass is 10.1. The number of nitrogens with one attached hydrogen (secondary N) is 1. The summed E-state index contributed by atoms with van der Waals surface area (Å²) in [5.74, 6) is 4.89. The van der Waals surface area contributed by atoms with Crippen molar-refractivity contribution in [3.8, 4) is 11.8 Å². The van der Waals surface area contributed by atoms with Crippen LogP contribution >= 0.6 is 0 Å². The molecule has 3 rings (SSSR count). The Morgan fingerprint density at radius 2 is 1.80 bits per heavy atom. The quantitative estimate of drug-likeness (QED) is 0.208. The molecule has 0 aliphatic carbocycles. The molecule has 1 heterocycles. The molecule has 1 amide bonds. The van der Waals surface area contributed by atoms with E-state index < -0.39 is 32.2 Å². The van der Waals surface area contributed by atoms with Gasteiger partial charge in [-0.2, -0.15) is 0 Å². The number of hydrogen-bond donors (Lipinski definition) is 4. The monoisotopic (exact) mass is 499 g/mol. The lowest BCUT2D eigenvalue weighted by Gasteiger charge is -2.25. The Morgan fingerprint density at radius 1 is 1.17 bits per heavy atom. The second-order valence-corrected chi connectivity index (χ2v) is 10.7. The van der Waals surface area contributed by atoms with E-state index in [1.54, 1.807) is 42.5 Å². The number of aliphatic hydroxyl groups excluding tert-OH is 2. The molecule has 0 fully saturated rings. The van der Waals surface area contributed by atoms with E-state index in [1.807, 2.05) is 0 Å². The van der Waals surface area contributed by atoms with Crippen molar-refractivity contribution >= 4 is 26.6 Å². The normalized spacial score (nSPS) is 14.0. The molecule has 2 aromatic carbocycles. The largest absolute Gasteiger partial charge is 0.393 e. The molecule has 0 bridgehead atoms. The van der Waals surface area contributed by atoms with Gasteiger partial charge in [-0.25, -0.2) is 18.9 Å². The Balaban J connectivity index is 1.84. The highest BCUT2D eigenvalue weighted by Crippen LogP contribution is 2.22. The van der Waals surface area contributed by atoms with Gasteiger partial charge in [0.15, 0.2) is 14.6 Å². The molecule has 4 N–H and O–H groups in total. The zero-order chi connectivity index (χ0) is 25.8. The highest BCUT2D eigenvalue weighted by Gasteiger charge is 2.43. The number of hydroxylamine groups is 1. The summed E-state index contributed by atoms with van der Waals surface area (Å²) in [4.78, 5) is 29.1. The standard InChI is InChI=1S/C24H25N3O7S/c1-24(23(31)26-32,35(2,33)34)11-12-27-15-25-20-13-17(7-10-19(20)22(27)30)4-3-16-5-8-18(9-6-16)21(29)14-28/h5-10,13,15,21,28-29,32H,11-12,14H2,1-2H3,(H,26,31). The average molecular weight is 500 g/mol. The number of amides is 1. The van der Waals surface area contributed by atoms with E-state index in [0.717, 1.165) is 6.26 Å². The number of aryl methyl sites for hydroxylation is 1. The zero-order valence-corrected chi connectivity index (χ0v) is 19.9. The predicted octanol–water partition coefficient (Wildman–Crippen LogP) is 0.521. The van der Waals surface area contributed by atoms with Gasteiger partial charge >= 0.3 is 0 Å². The van der Waals surface area contributed by atoms with Crippen LogP contribution in [0, 0.1) is 11.8 Å². The summed E-state index contributed by atoms with van der Waals surface area (Å²) >= 11 is 0. The summed E-state index contributed by atoms with van der Waals surface area (Å²) in [6, 6.07) is 11.7. The van der Waals surface area contributed by atoms with E-state index in [1.165, 1.54) is 23.3 Å². The van der Waals surface area contributed by atoms with Crippen LogP contribution in [0.3, 0.4) is 0 Å². The molecule has 184 valence electrons. The third kappa shape index (κ3) is 5.58. The van der Waals surface area contributed by atoms with Gasteiger partial charge in [0.05, 0.1) is 23.8 Å². The number of fused-ring (bicyclic) bond motifs is 1. The zero-order valence-electron chi connectivity index (χ0n) is 19.1. The number of aromatic nitrogens is 2. The van der Waals surface area contributed by atoms with Crippen LogP contribution in [-0.4, -0.2) is 56.9 Å². The molecule has 0 saturated carbocycles. The molecule has 0 aliphatic heterocycles. The first-order chi connectivity index (χ1) is 16.5. The predicted molar refractivity (Wildman–Crippen MR) is 128 cm³/mol. The van der Waals surface area contributed by atoms with Crippen molar-refractivity contribution in [3.05, 3.63) is 75.8 Å². The van der Waals surface area contributed by atoms with Gasteiger partial charge in [-0.05, 0) is 49.2 Å². The number of carbonyl (C=O) groups is 1. The SMILES string of the molecule is CC(CCn1cnc2cc(C#Cc3ccc(C(O)CO)cc3)ccc2c1=O)(C(=O)NO)S(C)(=O)=O. The Labute approximate surface area is 201 Å². The van der Waals surface area contributed by atoms with Crippen LogP contribution in [0.1, 0.15) is 36.1 Å². The highest BCUT2D eigenvalue weighted by atomic mass is 32.2. The maximum Gasteiger partial charge on any atom is 0.264 e. The van der Waals surface area contributed by atoms with Crippen LogP contribution in [0.5, 0.6) is 0 Å². The summed E-state index contributed by atoms with van der Waals surface area (Å²) in [6.45, 7) is 0.702. The molecule has 3 aromatic rings. The topological polar surface area (TPSA) is 159 Å². The van der Waals surface area contributed by atoms with Crippen molar-refractivity contribution in [1.29, 1.82) is 0 Å². The fraction of sp³-hybridized carbons (Fsp3) is 0.292. The maximum atomic E-state index is 12.9. The van der Waals surface area contributed by atoms with Crippen molar-refractivity contribution in [3.63, 3.8) is 0 Å². The number of rotatable bonds is 7. The Bertz CT molecular complexity index is 1470. The third-order valence-electron chi connectivity index (χ3n) is 5.87. The number of sulfone groups is 1. The lowest BCUT2D eigenvalue weighted by Crippen LogP contribution is -2.50. The molecule has 11 heteroatoms. The van der Waals surface area contributed by atoms with E-state index in [-0.39, 0.29) is 19.6 Å². The summed E-state index contributed by atoms with van der Waals surface area (Å²) in [6.07, 6.45) is 0.967. The van der Waals surface area contributed by atoms with Gasteiger partial charge in [0.25, 0.3) is 11.5 Å². The molecule has 2 atom stereocenters. The molecule has 0 aliphatic rings. The molecule has 2 unspecified atom stereocenters. The minimum Gasteiger partial charge on any atom is -0.393 e. The van der Waals surface area contributed by atoms with Gasteiger partial charge in [0, 0.05) is 23.9 Å². The first kappa shape index (κ1) is 26.1.